The second-order valence-corrected chi connectivity index (χ2v) is 5.03. The van der Waals surface area contributed by atoms with Gasteiger partial charge in [0, 0.05) is 17.7 Å². The summed E-state index contributed by atoms with van der Waals surface area (Å²) in [6, 6.07) is 7.30. The van der Waals surface area contributed by atoms with E-state index in [4.69, 9.17) is 5.73 Å². The molecule has 0 bridgehead atoms. The van der Waals surface area contributed by atoms with Crippen LogP contribution in [0, 0.1) is 11.8 Å². The molecule has 102 valence electrons. The van der Waals surface area contributed by atoms with Gasteiger partial charge in [0.05, 0.1) is 6.54 Å². The summed E-state index contributed by atoms with van der Waals surface area (Å²) in [7, 11) is 0. The molecule has 0 atom stereocenters. The molecule has 0 aromatic heterocycles. The first-order valence-corrected chi connectivity index (χ1v) is 7.73. The monoisotopic (exact) mass is 276 g/mol. The lowest BCUT2D eigenvalue weighted by molar-refractivity contribution is 0.0953. The van der Waals surface area contributed by atoms with Crippen LogP contribution in [0.3, 0.4) is 0 Å². The van der Waals surface area contributed by atoms with Gasteiger partial charge < -0.3 is 11.1 Å². The number of rotatable bonds is 6. The third kappa shape index (κ3) is 6.32. The molecule has 1 aromatic carbocycles. The molecule has 1 rings (SSSR count). The highest BCUT2D eigenvalue weighted by Crippen LogP contribution is 2.04. The Morgan fingerprint density at radius 3 is 3.00 bits per heavy atom. The van der Waals surface area contributed by atoms with Crippen molar-refractivity contribution in [1.82, 2.24) is 5.32 Å². The fourth-order valence-corrected chi connectivity index (χ4v) is 2.06. The van der Waals surface area contributed by atoms with Gasteiger partial charge in [0.15, 0.2) is 0 Å². The van der Waals surface area contributed by atoms with E-state index in [1.807, 2.05) is 23.9 Å². The molecule has 0 spiro atoms. The zero-order valence-electron chi connectivity index (χ0n) is 11.2. The van der Waals surface area contributed by atoms with E-state index in [9.17, 15) is 4.79 Å². The SMILES string of the molecule is CSCCCCNC(=O)c1cccc(C#CCN)c1. The second-order valence-electron chi connectivity index (χ2n) is 4.04. The highest BCUT2D eigenvalue weighted by atomic mass is 32.2. The number of benzene rings is 1. The van der Waals surface area contributed by atoms with Gasteiger partial charge in [-0.3, -0.25) is 4.79 Å². The molecule has 19 heavy (non-hydrogen) atoms. The number of amides is 1. The quantitative estimate of drug-likeness (QED) is 0.616. The summed E-state index contributed by atoms with van der Waals surface area (Å²) < 4.78 is 0. The number of carbonyl (C=O) groups excluding carboxylic acids is 1. The van der Waals surface area contributed by atoms with Gasteiger partial charge in [-0.15, -0.1) is 0 Å². The van der Waals surface area contributed by atoms with Crippen LogP contribution in [0.25, 0.3) is 0 Å². The Hall–Kier alpha value is -1.44. The van der Waals surface area contributed by atoms with Gasteiger partial charge in [0.2, 0.25) is 0 Å². The van der Waals surface area contributed by atoms with Crippen LogP contribution in [0.15, 0.2) is 24.3 Å². The molecule has 3 N–H and O–H groups in total. The first kappa shape index (κ1) is 15.6. The highest BCUT2D eigenvalue weighted by molar-refractivity contribution is 7.98. The van der Waals surface area contributed by atoms with Crippen LogP contribution in [0.5, 0.6) is 0 Å². The maximum atomic E-state index is 11.9. The maximum absolute atomic E-state index is 11.9. The van der Waals surface area contributed by atoms with Gasteiger partial charge in [-0.25, -0.2) is 0 Å². The number of thioether (sulfide) groups is 1. The van der Waals surface area contributed by atoms with Crippen LogP contribution >= 0.6 is 11.8 Å². The molecule has 1 amide bonds. The summed E-state index contributed by atoms with van der Waals surface area (Å²) in [5.41, 5.74) is 6.79. The molecular formula is C15H20N2OS. The molecule has 4 heteroatoms. The summed E-state index contributed by atoms with van der Waals surface area (Å²) >= 11 is 1.83. The van der Waals surface area contributed by atoms with Crippen molar-refractivity contribution in [3.63, 3.8) is 0 Å². The van der Waals surface area contributed by atoms with Crippen LogP contribution < -0.4 is 11.1 Å². The molecule has 0 saturated carbocycles. The van der Waals surface area contributed by atoms with E-state index >= 15 is 0 Å². The standard InChI is InChI=1S/C15H20N2OS/c1-19-11-3-2-10-17-15(18)14-8-4-6-13(12-14)7-5-9-16/h4,6,8,12H,2-3,9-11,16H2,1H3,(H,17,18). The van der Waals surface area contributed by atoms with Crippen molar-refractivity contribution in [2.24, 2.45) is 5.73 Å². The van der Waals surface area contributed by atoms with E-state index in [0.717, 1.165) is 30.7 Å². The zero-order valence-corrected chi connectivity index (χ0v) is 12.1. The van der Waals surface area contributed by atoms with Crippen LogP contribution in [-0.2, 0) is 0 Å². The summed E-state index contributed by atoms with van der Waals surface area (Å²) in [6.45, 7) is 1.05. The van der Waals surface area contributed by atoms with E-state index in [-0.39, 0.29) is 5.91 Å². The molecule has 1 aromatic rings. The largest absolute Gasteiger partial charge is 0.352 e. The van der Waals surface area contributed by atoms with Gasteiger partial charge in [0.25, 0.3) is 5.91 Å². The Kier molecular flexibility index (Phi) is 7.80. The van der Waals surface area contributed by atoms with Crippen LogP contribution in [0.1, 0.15) is 28.8 Å². The Labute approximate surface area is 119 Å². The molecular weight excluding hydrogens is 256 g/mol. The Bertz CT molecular complexity index is 463. The average molecular weight is 276 g/mol. The minimum Gasteiger partial charge on any atom is -0.352 e. The molecule has 0 radical (unpaired) electrons. The third-order valence-corrected chi connectivity index (χ3v) is 3.22. The van der Waals surface area contributed by atoms with Gasteiger partial charge in [-0.2, -0.15) is 11.8 Å². The lowest BCUT2D eigenvalue weighted by Crippen LogP contribution is -2.24. The number of nitrogens with one attached hydrogen (secondary N) is 1. The van der Waals surface area contributed by atoms with Crippen LogP contribution in [0.4, 0.5) is 0 Å². The molecule has 0 fully saturated rings. The van der Waals surface area contributed by atoms with E-state index in [0.29, 0.717) is 12.1 Å². The Balaban J connectivity index is 2.48. The number of unbranched alkanes of at least 4 members (excludes halogenated alkanes) is 1. The number of hydrogen-bond donors (Lipinski definition) is 2. The van der Waals surface area contributed by atoms with Crippen LogP contribution in [-0.4, -0.2) is 31.0 Å². The summed E-state index contributed by atoms with van der Waals surface area (Å²) in [5, 5.41) is 2.92. The van der Waals surface area contributed by atoms with Crippen molar-refractivity contribution in [1.29, 1.82) is 0 Å². The van der Waals surface area contributed by atoms with Crippen molar-refractivity contribution < 1.29 is 4.79 Å². The minimum atomic E-state index is -0.0412. The van der Waals surface area contributed by atoms with E-state index in [1.54, 1.807) is 12.1 Å². The first-order valence-electron chi connectivity index (χ1n) is 6.34. The van der Waals surface area contributed by atoms with E-state index in [2.05, 4.69) is 23.4 Å². The molecule has 0 heterocycles. The first-order chi connectivity index (χ1) is 9.27. The zero-order chi connectivity index (χ0) is 13.9. The summed E-state index contributed by atoms with van der Waals surface area (Å²) in [6.07, 6.45) is 4.23. The number of carbonyl (C=O) groups is 1. The van der Waals surface area contributed by atoms with Gasteiger partial charge >= 0.3 is 0 Å². The topological polar surface area (TPSA) is 55.1 Å². The van der Waals surface area contributed by atoms with E-state index in [1.165, 1.54) is 0 Å². The Morgan fingerprint density at radius 2 is 2.26 bits per heavy atom. The van der Waals surface area contributed by atoms with Crippen molar-refractivity contribution in [2.45, 2.75) is 12.8 Å². The predicted molar refractivity (Wildman–Crippen MR) is 82.3 cm³/mol. The minimum absolute atomic E-state index is 0.0412. The van der Waals surface area contributed by atoms with Crippen molar-refractivity contribution in [3.05, 3.63) is 35.4 Å². The van der Waals surface area contributed by atoms with Crippen molar-refractivity contribution in [2.75, 3.05) is 25.1 Å². The smallest absolute Gasteiger partial charge is 0.251 e. The molecule has 3 nitrogen and oxygen atoms in total. The van der Waals surface area contributed by atoms with Gasteiger partial charge in [0.1, 0.15) is 0 Å². The lowest BCUT2D eigenvalue weighted by Gasteiger charge is -2.05. The lowest BCUT2D eigenvalue weighted by atomic mass is 10.1. The fraction of sp³-hybridized carbons (Fsp3) is 0.400. The van der Waals surface area contributed by atoms with Gasteiger partial charge in [-0.1, -0.05) is 17.9 Å². The number of hydrogen-bond acceptors (Lipinski definition) is 3. The molecule has 0 unspecified atom stereocenters. The van der Waals surface area contributed by atoms with Crippen molar-refractivity contribution >= 4 is 17.7 Å². The van der Waals surface area contributed by atoms with Gasteiger partial charge in [-0.05, 0) is 43.0 Å². The average Bonchev–Trinajstić information content (AvgIpc) is 2.45. The number of nitrogens with two attached hydrogens (primary N) is 1. The molecule has 0 aliphatic heterocycles. The normalized spacial score (nSPS) is 9.58. The van der Waals surface area contributed by atoms with Crippen molar-refractivity contribution in [3.8, 4) is 11.8 Å². The second kappa shape index (κ2) is 9.48. The molecule has 0 saturated heterocycles. The highest BCUT2D eigenvalue weighted by Gasteiger charge is 2.04. The van der Waals surface area contributed by atoms with Crippen LogP contribution in [0.2, 0.25) is 0 Å². The maximum Gasteiger partial charge on any atom is 0.251 e. The third-order valence-electron chi connectivity index (χ3n) is 2.52. The Morgan fingerprint density at radius 1 is 1.42 bits per heavy atom. The summed E-state index contributed by atoms with van der Waals surface area (Å²) in [4.78, 5) is 11.9. The molecule has 0 aliphatic carbocycles. The summed E-state index contributed by atoms with van der Waals surface area (Å²) in [5.74, 6) is 6.80. The predicted octanol–water partition coefficient (Wildman–Crippen LogP) is 1.87. The molecule has 0 aliphatic rings. The fourth-order valence-electron chi connectivity index (χ4n) is 1.57. The van der Waals surface area contributed by atoms with E-state index < -0.39 is 0 Å².